The van der Waals surface area contributed by atoms with Crippen LogP contribution in [0.4, 0.5) is 18.9 Å². The number of nitrogens with one attached hydrogen (secondary N) is 1. The smallest absolute Gasteiger partial charge is 0.417 e. The van der Waals surface area contributed by atoms with E-state index in [0.717, 1.165) is 17.1 Å². The highest BCUT2D eigenvalue weighted by molar-refractivity contribution is 7.09. The number of thiazole rings is 1. The lowest BCUT2D eigenvalue weighted by atomic mass is 10.2. The average molecular weight is 484 g/mol. The van der Waals surface area contributed by atoms with Gasteiger partial charge in [-0.1, -0.05) is 11.6 Å². The van der Waals surface area contributed by atoms with Crippen molar-refractivity contribution in [3.63, 3.8) is 0 Å². The van der Waals surface area contributed by atoms with Crippen LogP contribution in [0.5, 0.6) is 0 Å². The standard InChI is InChI=1S/C21H17ClF3N3O3S/c1-13-26-15(12-32-13)5-7-20(30)28(10-16-3-2-8-31-16)11-19(29)27-14-4-6-18(22)17(9-14)21(23,24)25/h2-9,12H,10-11H2,1H3,(H,27,29)/b7-5+. The topological polar surface area (TPSA) is 75.4 Å². The predicted molar refractivity (Wildman–Crippen MR) is 115 cm³/mol. The first kappa shape index (κ1) is 23.6. The van der Waals surface area contributed by atoms with Gasteiger partial charge < -0.3 is 14.6 Å². The zero-order chi connectivity index (χ0) is 23.3. The number of benzene rings is 1. The molecule has 0 saturated heterocycles. The summed E-state index contributed by atoms with van der Waals surface area (Å²) < 4.78 is 44.4. The largest absolute Gasteiger partial charge is 0.467 e. The Morgan fingerprint density at radius 3 is 2.72 bits per heavy atom. The highest BCUT2D eigenvalue weighted by Crippen LogP contribution is 2.36. The van der Waals surface area contributed by atoms with E-state index in [4.69, 9.17) is 16.0 Å². The second-order valence-electron chi connectivity index (χ2n) is 6.64. The minimum Gasteiger partial charge on any atom is -0.467 e. The average Bonchev–Trinajstić information content (AvgIpc) is 3.37. The first-order valence-electron chi connectivity index (χ1n) is 9.20. The molecule has 0 aliphatic carbocycles. The molecule has 2 aromatic heterocycles. The number of halogens is 4. The summed E-state index contributed by atoms with van der Waals surface area (Å²) in [6, 6.07) is 6.31. The van der Waals surface area contributed by atoms with Crippen molar-refractivity contribution in [2.45, 2.75) is 19.6 Å². The Morgan fingerprint density at radius 1 is 1.31 bits per heavy atom. The van der Waals surface area contributed by atoms with Gasteiger partial charge in [0.2, 0.25) is 11.8 Å². The highest BCUT2D eigenvalue weighted by Gasteiger charge is 2.33. The number of carbonyl (C=O) groups excluding carboxylic acids is 2. The Bertz CT molecular complexity index is 1130. The van der Waals surface area contributed by atoms with Gasteiger partial charge in [-0.05, 0) is 43.3 Å². The number of amides is 2. The van der Waals surface area contributed by atoms with E-state index in [1.54, 1.807) is 17.5 Å². The quantitative estimate of drug-likeness (QED) is 0.457. The normalized spacial score (nSPS) is 11.7. The van der Waals surface area contributed by atoms with Gasteiger partial charge in [0.25, 0.3) is 0 Å². The summed E-state index contributed by atoms with van der Waals surface area (Å²) in [5, 5.41) is 4.51. The number of hydrogen-bond acceptors (Lipinski definition) is 5. The lowest BCUT2D eigenvalue weighted by Crippen LogP contribution is -2.36. The second kappa shape index (κ2) is 10.0. The van der Waals surface area contributed by atoms with Crippen LogP contribution in [-0.2, 0) is 22.3 Å². The van der Waals surface area contributed by atoms with E-state index in [1.807, 2.05) is 6.92 Å². The maximum Gasteiger partial charge on any atom is 0.417 e. The van der Waals surface area contributed by atoms with Crippen molar-refractivity contribution in [1.29, 1.82) is 0 Å². The van der Waals surface area contributed by atoms with Gasteiger partial charge in [0.05, 0.1) is 34.1 Å². The molecule has 0 aliphatic heterocycles. The van der Waals surface area contributed by atoms with Crippen LogP contribution in [0.2, 0.25) is 5.02 Å². The molecule has 168 valence electrons. The number of aryl methyl sites for hydroxylation is 1. The number of furan rings is 1. The van der Waals surface area contributed by atoms with E-state index in [1.165, 1.54) is 40.7 Å². The summed E-state index contributed by atoms with van der Waals surface area (Å²) in [5.41, 5.74) is -0.559. The Hall–Kier alpha value is -3.11. The van der Waals surface area contributed by atoms with Crippen LogP contribution in [0.25, 0.3) is 6.08 Å². The molecule has 11 heteroatoms. The lowest BCUT2D eigenvalue weighted by Gasteiger charge is -2.20. The first-order chi connectivity index (χ1) is 15.1. The molecule has 1 aromatic carbocycles. The summed E-state index contributed by atoms with van der Waals surface area (Å²) in [4.78, 5) is 30.6. The number of carbonyl (C=O) groups is 2. The minimum atomic E-state index is -4.67. The van der Waals surface area contributed by atoms with Crippen LogP contribution in [0, 0.1) is 6.92 Å². The fraction of sp³-hybridized carbons (Fsp3) is 0.190. The Kier molecular flexibility index (Phi) is 7.37. The molecule has 0 radical (unpaired) electrons. The number of nitrogens with zero attached hydrogens (tertiary/aromatic N) is 2. The molecule has 2 heterocycles. The number of aromatic nitrogens is 1. The molecule has 1 N–H and O–H groups in total. The van der Waals surface area contributed by atoms with Crippen LogP contribution in [0.1, 0.15) is 22.0 Å². The van der Waals surface area contributed by atoms with E-state index in [9.17, 15) is 22.8 Å². The van der Waals surface area contributed by atoms with Crippen molar-refractivity contribution < 1.29 is 27.2 Å². The molecule has 0 saturated carbocycles. The van der Waals surface area contributed by atoms with Gasteiger partial charge in [-0.3, -0.25) is 9.59 Å². The number of anilines is 1. The SMILES string of the molecule is Cc1nc(/C=C/C(=O)N(CC(=O)Nc2ccc(Cl)c(C(F)(F)F)c2)Cc2ccco2)cs1. The summed E-state index contributed by atoms with van der Waals surface area (Å²) in [7, 11) is 0. The van der Waals surface area contributed by atoms with E-state index < -0.39 is 35.1 Å². The number of rotatable bonds is 7. The monoisotopic (exact) mass is 483 g/mol. The molecule has 0 atom stereocenters. The molecule has 0 aliphatic rings. The summed E-state index contributed by atoms with van der Waals surface area (Å²) in [6.45, 7) is 1.41. The predicted octanol–water partition coefficient (Wildman–Crippen LogP) is 5.40. The second-order valence-corrected chi connectivity index (χ2v) is 8.11. The molecule has 3 aromatic rings. The molecular formula is C21H17ClF3N3O3S. The van der Waals surface area contributed by atoms with Crippen LogP contribution in [0.15, 0.2) is 52.5 Å². The van der Waals surface area contributed by atoms with Crippen molar-refractivity contribution in [3.05, 3.63) is 75.1 Å². The van der Waals surface area contributed by atoms with E-state index in [-0.39, 0.29) is 12.2 Å². The molecule has 6 nitrogen and oxygen atoms in total. The lowest BCUT2D eigenvalue weighted by molar-refractivity contribution is -0.137. The van der Waals surface area contributed by atoms with E-state index in [0.29, 0.717) is 11.5 Å². The van der Waals surface area contributed by atoms with Crippen LogP contribution in [0.3, 0.4) is 0 Å². The van der Waals surface area contributed by atoms with Gasteiger partial charge in [0, 0.05) is 17.1 Å². The molecule has 2 amide bonds. The van der Waals surface area contributed by atoms with Gasteiger partial charge in [0.1, 0.15) is 12.3 Å². The van der Waals surface area contributed by atoms with Crippen molar-refractivity contribution in [2.75, 3.05) is 11.9 Å². The molecule has 3 rings (SSSR count). The number of hydrogen-bond donors (Lipinski definition) is 1. The summed E-state index contributed by atoms with van der Waals surface area (Å²) in [5.74, 6) is -0.734. The highest BCUT2D eigenvalue weighted by atomic mass is 35.5. The Balaban J connectivity index is 1.73. The zero-order valence-corrected chi connectivity index (χ0v) is 18.2. The fourth-order valence-corrected chi connectivity index (χ4v) is 3.52. The third-order valence-corrected chi connectivity index (χ3v) is 5.28. The molecule has 32 heavy (non-hydrogen) atoms. The molecule has 0 unspecified atom stereocenters. The van der Waals surface area contributed by atoms with Crippen LogP contribution in [-0.4, -0.2) is 28.2 Å². The van der Waals surface area contributed by atoms with Gasteiger partial charge in [0.15, 0.2) is 0 Å². The maximum absolute atomic E-state index is 13.0. The Morgan fingerprint density at radius 2 is 2.09 bits per heavy atom. The summed E-state index contributed by atoms with van der Waals surface area (Å²) >= 11 is 7.03. The third kappa shape index (κ3) is 6.44. The zero-order valence-electron chi connectivity index (χ0n) is 16.6. The Labute approximate surface area is 190 Å². The van der Waals surface area contributed by atoms with Crippen LogP contribution < -0.4 is 5.32 Å². The maximum atomic E-state index is 13.0. The van der Waals surface area contributed by atoms with E-state index >= 15 is 0 Å². The van der Waals surface area contributed by atoms with Crippen molar-refractivity contribution in [1.82, 2.24) is 9.88 Å². The third-order valence-electron chi connectivity index (χ3n) is 4.16. The summed E-state index contributed by atoms with van der Waals surface area (Å²) in [6.07, 6.45) is -0.446. The van der Waals surface area contributed by atoms with Crippen molar-refractivity contribution in [2.24, 2.45) is 0 Å². The number of alkyl halides is 3. The van der Waals surface area contributed by atoms with Gasteiger partial charge >= 0.3 is 6.18 Å². The molecule has 0 spiro atoms. The fourth-order valence-electron chi connectivity index (χ4n) is 2.72. The van der Waals surface area contributed by atoms with Gasteiger partial charge in [-0.15, -0.1) is 11.3 Å². The molecular weight excluding hydrogens is 467 g/mol. The van der Waals surface area contributed by atoms with Gasteiger partial charge in [-0.25, -0.2) is 4.98 Å². The van der Waals surface area contributed by atoms with Crippen LogP contribution >= 0.6 is 22.9 Å². The molecule has 0 fully saturated rings. The minimum absolute atomic E-state index is 0.00585. The van der Waals surface area contributed by atoms with Crippen molar-refractivity contribution in [3.8, 4) is 0 Å². The van der Waals surface area contributed by atoms with Gasteiger partial charge in [-0.2, -0.15) is 13.2 Å². The molecule has 0 bridgehead atoms. The van der Waals surface area contributed by atoms with E-state index in [2.05, 4.69) is 10.3 Å². The van der Waals surface area contributed by atoms with Crippen molar-refractivity contribution >= 4 is 46.5 Å². The first-order valence-corrected chi connectivity index (χ1v) is 10.5.